The van der Waals surface area contributed by atoms with Crippen molar-refractivity contribution in [2.24, 2.45) is 0 Å². The Morgan fingerprint density at radius 1 is 1.33 bits per heavy atom. The van der Waals surface area contributed by atoms with Crippen molar-refractivity contribution < 1.29 is 9.53 Å². The number of nitrogens with zero attached hydrogens (tertiary/aromatic N) is 3. The zero-order valence-corrected chi connectivity index (χ0v) is 12.2. The van der Waals surface area contributed by atoms with Crippen molar-refractivity contribution in [1.29, 1.82) is 0 Å². The Balaban J connectivity index is 1.85. The van der Waals surface area contributed by atoms with Crippen molar-refractivity contribution in [1.82, 2.24) is 14.9 Å². The number of hydrogen-bond donors (Lipinski definition) is 0. The summed E-state index contributed by atoms with van der Waals surface area (Å²) in [6.07, 6.45) is 3.48. The molecule has 0 atom stereocenters. The van der Waals surface area contributed by atoms with E-state index in [1.807, 2.05) is 26.1 Å². The SMILES string of the molecule is CCOc1ncccc1C(=O)N1Cc2cnc(C)cc2C1. The second-order valence-electron chi connectivity index (χ2n) is 5.04. The largest absolute Gasteiger partial charge is 0.477 e. The third-order valence-electron chi connectivity index (χ3n) is 3.51. The van der Waals surface area contributed by atoms with E-state index in [0.717, 1.165) is 16.8 Å². The van der Waals surface area contributed by atoms with Crippen LogP contribution in [0.4, 0.5) is 0 Å². The van der Waals surface area contributed by atoms with Crippen LogP contribution in [0.25, 0.3) is 0 Å². The predicted octanol–water partition coefficient (Wildman–Crippen LogP) is 2.34. The Bertz CT molecular complexity index is 685. The van der Waals surface area contributed by atoms with Crippen LogP contribution in [0.3, 0.4) is 0 Å². The molecule has 2 aromatic heterocycles. The summed E-state index contributed by atoms with van der Waals surface area (Å²) in [5.41, 5.74) is 3.75. The minimum Gasteiger partial charge on any atom is -0.477 e. The van der Waals surface area contributed by atoms with Gasteiger partial charge in [0.25, 0.3) is 5.91 Å². The lowest BCUT2D eigenvalue weighted by Gasteiger charge is -2.16. The van der Waals surface area contributed by atoms with Gasteiger partial charge in [-0.25, -0.2) is 4.98 Å². The van der Waals surface area contributed by atoms with E-state index >= 15 is 0 Å². The number of aromatic nitrogens is 2. The monoisotopic (exact) mass is 283 g/mol. The summed E-state index contributed by atoms with van der Waals surface area (Å²) >= 11 is 0. The van der Waals surface area contributed by atoms with Gasteiger partial charge in [0.15, 0.2) is 0 Å². The molecule has 2 aromatic rings. The standard InChI is InChI=1S/C16H17N3O2/c1-3-21-15-14(5-4-6-17-15)16(20)19-9-12-7-11(2)18-8-13(12)10-19/h4-8H,3,9-10H2,1-2H3. The fourth-order valence-corrected chi connectivity index (χ4v) is 2.52. The second kappa shape index (κ2) is 5.52. The van der Waals surface area contributed by atoms with Crippen LogP contribution >= 0.6 is 0 Å². The zero-order valence-electron chi connectivity index (χ0n) is 12.2. The second-order valence-corrected chi connectivity index (χ2v) is 5.04. The van der Waals surface area contributed by atoms with Crippen molar-refractivity contribution in [2.75, 3.05) is 6.61 Å². The van der Waals surface area contributed by atoms with E-state index in [2.05, 4.69) is 9.97 Å². The van der Waals surface area contributed by atoms with Gasteiger partial charge in [-0.1, -0.05) is 0 Å². The molecule has 3 rings (SSSR count). The van der Waals surface area contributed by atoms with Crippen LogP contribution in [0.15, 0.2) is 30.6 Å². The molecule has 0 fully saturated rings. The quantitative estimate of drug-likeness (QED) is 0.867. The van der Waals surface area contributed by atoms with Gasteiger partial charge in [-0.2, -0.15) is 0 Å². The van der Waals surface area contributed by atoms with Crippen molar-refractivity contribution >= 4 is 5.91 Å². The van der Waals surface area contributed by atoms with Gasteiger partial charge < -0.3 is 9.64 Å². The van der Waals surface area contributed by atoms with E-state index in [-0.39, 0.29) is 5.91 Å². The van der Waals surface area contributed by atoms with E-state index in [4.69, 9.17) is 4.74 Å². The fraction of sp³-hybridized carbons (Fsp3) is 0.312. The molecule has 0 radical (unpaired) electrons. The van der Waals surface area contributed by atoms with Crippen molar-refractivity contribution in [2.45, 2.75) is 26.9 Å². The highest BCUT2D eigenvalue weighted by Crippen LogP contribution is 2.26. The molecule has 21 heavy (non-hydrogen) atoms. The maximum Gasteiger partial charge on any atom is 0.259 e. The first-order valence-corrected chi connectivity index (χ1v) is 7.00. The zero-order chi connectivity index (χ0) is 14.8. The third-order valence-corrected chi connectivity index (χ3v) is 3.51. The fourth-order valence-electron chi connectivity index (χ4n) is 2.52. The molecule has 0 N–H and O–H groups in total. The number of amides is 1. The molecule has 0 unspecified atom stereocenters. The van der Waals surface area contributed by atoms with E-state index in [1.54, 1.807) is 23.2 Å². The lowest BCUT2D eigenvalue weighted by Crippen LogP contribution is -2.26. The lowest BCUT2D eigenvalue weighted by molar-refractivity contribution is 0.0746. The first-order chi connectivity index (χ1) is 10.2. The van der Waals surface area contributed by atoms with Crippen LogP contribution in [0.2, 0.25) is 0 Å². The van der Waals surface area contributed by atoms with Gasteiger partial charge in [0, 0.05) is 31.2 Å². The van der Waals surface area contributed by atoms with Crippen LogP contribution in [0.5, 0.6) is 5.88 Å². The molecule has 5 nitrogen and oxygen atoms in total. The lowest BCUT2D eigenvalue weighted by atomic mass is 10.2. The highest BCUT2D eigenvalue weighted by atomic mass is 16.5. The van der Waals surface area contributed by atoms with Crippen LogP contribution in [0, 0.1) is 6.92 Å². The van der Waals surface area contributed by atoms with E-state index < -0.39 is 0 Å². The molecule has 0 saturated carbocycles. The molecule has 0 bridgehead atoms. The summed E-state index contributed by atoms with van der Waals surface area (Å²) < 4.78 is 5.44. The van der Waals surface area contributed by atoms with Gasteiger partial charge in [-0.05, 0) is 43.2 Å². The minimum atomic E-state index is -0.0552. The Kier molecular flexibility index (Phi) is 3.56. The minimum absolute atomic E-state index is 0.0552. The molecule has 108 valence electrons. The summed E-state index contributed by atoms with van der Waals surface area (Å²) in [6.45, 7) is 5.52. The number of ether oxygens (including phenoxy) is 1. The predicted molar refractivity (Wildman–Crippen MR) is 78.0 cm³/mol. The molecular formula is C16H17N3O2. The molecule has 1 amide bonds. The Hall–Kier alpha value is -2.43. The van der Waals surface area contributed by atoms with Gasteiger partial charge in [-0.15, -0.1) is 0 Å². The van der Waals surface area contributed by atoms with E-state index in [0.29, 0.717) is 31.1 Å². The molecule has 3 heterocycles. The number of aryl methyl sites for hydroxylation is 1. The summed E-state index contributed by atoms with van der Waals surface area (Å²) in [7, 11) is 0. The van der Waals surface area contributed by atoms with E-state index in [9.17, 15) is 4.79 Å². The van der Waals surface area contributed by atoms with Gasteiger partial charge in [-0.3, -0.25) is 9.78 Å². The van der Waals surface area contributed by atoms with Crippen molar-refractivity contribution in [3.63, 3.8) is 0 Å². The number of fused-ring (bicyclic) bond motifs is 1. The van der Waals surface area contributed by atoms with E-state index in [1.165, 1.54) is 0 Å². The first-order valence-electron chi connectivity index (χ1n) is 7.00. The van der Waals surface area contributed by atoms with Crippen LogP contribution in [-0.4, -0.2) is 27.4 Å². The molecule has 0 aliphatic carbocycles. The number of hydrogen-bond acceptors (Lipinski definition) is 4. The molecular weight excluding hydrogens is 266 g/mol. The van der Waals surface area contributed by atoms with Crippen LogP contribution in [0.1, 0.15) is 34.1 Å². The molecule has 0 saturated heterocycles. The number of carbonyl (C=O) groups is 1. The Labute approximate surface area is 123 Å². The smallest absolute Gasteiger partial charge is 0.259 e. The van der Waals surface area contributed by atoms with Gasteiger partial charge in [0.2, 0.25) is 5.88 Å². The average molecular weight is 283 g/mol. The highest BCUT2D eigenvalue weighted by Gasteiger charge is 2.26. The molecule has 0 spiro atoms. The summed E-state index contributed by atoms with van der Waals surface area (Å²) in [5.74, 6) is 0.343. The third kappa shape index (κ3) is 2.59. The average Bonchev–Trinajstić information content (AvgIpc) is 2.90. The number of pyridine rings is 2. The Morgan fingerprint density at radius 3 is 2.95 bits per heavy atom. The Morgan fingerprint density at radius 2 is 2.14 bits per heavy atom. The summed E-state index contributed by atoms with van der Waals surface area (Å²) in [5, 5.41) is 0. The highest BCUT2D eigenvalue weighted by molar-refractivity contribution is 5.96. The van der Waals surface area contributed by atoms with Crippen molar-refractivity contribution in [3.05, 3.63) is 53.0 Å². The first kappa shape index (κ1) is 13.5. The molecule has 0 aromatic carbocycles. The molecule has 5 heteroatoms. The maximum absolute atomic E-state index is 12.7. The van der Waals surface area contributed by atoms with Crippen LogP contribution < -0.4 is 4.74 Å². The normalized spacial score (nSPS) is 13.1. The summed E-state index contributed by atoms with van der Waals surface area (Å²) in [4.78, 5) is 22.9. The van der Waals surface area contributed by atoms with Crippen molar-refractivity contribution in [3.8, 4) is 5.88 Å². The maximum atomic E-state index is 12.7. The topological polar surface area (TPSA) is 55.3 Å². The molecule has 1 aliphatic rings. The van der Waals surface area contributed by atoms with Gasteiger partial charge >= 0.3 is 0 Å². The summed E-state index contributed by atoms with van der Waals surface area (Å²) in [6, 6.07) is 5.55. The van der Waals surface area contributed by atoms with Gasteiger partial charge in [0.05, 0.1) is 6.61 Å². The number of rotatable bonds is 3. The van der Waals surface area contributed by atoms with Gasteiger partial charge in [0.1, 0.15) is 5.56 Å². The number of carbonyl (C=O) groups excluding carboxylic acids is 1. The van der Waals surface area contributed by atoms with Crippen LogP contribution in [-0.2, 0) is 13.1 Å². The molecule has 1 aliphatic heterocycles.